The van der Waals surface area contributed by atoms with Crippen LogP contribution >= 0.6 is 11.8 Å². The van der Waals surface area contributed by atoms with Gasteiger partial charge in [-0.3, -0.25) is 15.6 Å². The number of alkyl carbamates (subject to hydrolysis) is 1. The van der Waals surface area contributed by atoms with Crippen LogP contribution in [0.5, 0.6) is 0 Å². The number of benzene rings is 1. The van der Waals surface area contributed by atoms with Gasteiger partial charge in [-0.1, -0.05) is 25.0 Å². The van der Waals surface area contributed by atoms with Crippen LogP contribution in [-0.2, 0) is 4.74 Å². The van der Waals surface area contributed by atoms with E-state index in [0.29, 0.717) is 27.3 Å². The highest BCUT2D eigenvalue weighted by Crippen LogP contribution is 2.25. The van der Waals surface area contributed by atoms with Crippen LogP contribution in [0.25, 0.3) is 0 Å². The molecule has 1 saturated carbocycles. The Balaban J connectivity index is 1.76. The molecule has 2 aromatic rings. The molecule has 0 radical (unpaired) electrons. The van der Waals surface area contributed by atoms with Gasteiger partial charge in [0, 0.05) is 30.4 Å². The van der Waals surface area contributed by atoms with E-state index in [1.807, 2.05) is 20.8 Å². The van der Waals surface area contributed by atoms with Gasteiger partial charge in [0.2, 0.25) is 11.0 Å². The first-order valence-electron chi connectivity index (χ1n) is 12.1. The highest BCUT2D eigenvalue weighted by molar-refractivity contribution is 8.26. The fourth-order valence-corrected chi connectivity index (χ4v) is 4.47. The Kier molecular flexibility index (Phi) is 9.09. The molecule has 0 spiro atoms. The third-order valence-electron chi connectivity index (χ3n) is 5.51. The van der Waals surface area contributed by atoms with Gasteiger partial charge in [0.25, 0.3) is 5.91 Å². The predicted octanol–water partition coefficient (Wildman–Crippen LogP) is 2.80. The van der Waals surface area contributed by atoms with E-state index < -0.39 is 17.6 Å². The van der Waals surface area contributed by atoms with Crippen LogP contribution in [0.2, 0.25) is 0 Å². The summed E-state index contributed by atoms with van der Waals surface area (Å²) < 4.78 is 5.42. The second-order valence-corrected chi connectivity index (χ2v) is 11.1. The standard InChI is InChI=1S/C25H34N8O3S/c1-14(26)37-21(28)15-9-11-16(12-10-15)30-22-17(20(27)34)13-29-23(33-22)31-18-7-5-6-8-19(18)32-24(35)36-25(2,3)4/h9-13,18-19,26,28H,5-8H2,1-4H3,(H2,27,34)(H,32,35)(H2,29,30,31,33)/p+1/t18-,19+/m1/s1. The smallest absolute Gasteiger partial charge is 0.407 e. The number of carbonyl (C=O) groups is 2. The molecule has 2 atom stereocenters. The molecular formula is C25H35N8O3S+. The van der Waals surface area contributed by atoms with Crippen LogP contribution in [0.4, 0.5) is 22.2 Å². The number of nitrogens with zero attached hydrogens (tertiary/aromatic N) is 2. The molecule has 0 saturated heterocycles. The van der Waals surface area contributed by atoms with Crippen molar-refractivity contribution in [2.75, 3.05) is 10.6 Å². The Morgan fingerprint density at radius 2 is 1.81 bits per heavy atom. The van der Waals surface area contributed by atoms with Crippen molar-refractivity contribution in [3.8, 4) is 0 Å². The molecule has 1 fully saturated rings. The minimum atomic E-state index is -0.667. The summed E-state index contributed by atoms with van der Waals surface area (Å²) in [4.78, 5) is 33.2. The second kappa shape index (κ2) is 12.0. The molecule has 1 aliphatic carbocycles. The molecule has 37 heavy (non-hydrogen) atoms. The van der Waals surface area contributed by atoms with Gasteiger partial charge in [-0.15, -0.1) is 0 Å². The quantitative estimate of drug-likeness (QED) is 0.235. The van der Waals surface area contributed by atoms with Crippen molar-refractivity contribution in [2.24, 2.45) is 5.73 Å². The average molecular weight is 528 g/mol. The maximum Gasteiger partial charge on any atom is 0.407 e. The van der Waals surface area contributed by atoms with Crippen molar-refractivity contribution in [3.05, 3.63) is 41.6 Å². The number of ether oxygens (including phenoxy) is 1. The fourth-order valence-electron chi connectivity index (χ4n) is 3.89. The lowest BCUT2D eigenvalue weighted by atomic mass is 9.90. The zero-order valence-corrected chi connectivity index (χ0v) is 22.4. The summed E-state index contributed by atoms with van der Waals surface area (Å²) in [7, 11) is 0. The molecule has 8 N–H and O–H groups in total. The van der Waals surface area contributed by atoms with E-state index in [-0.39, 0.29) is 23.5 Å². The van der Waals surface area contributed by atoms with E-state index in [9.17, 15) is 9.59 Å². The molecule has 11 nitrogen and oxygen atoms in total. The van der Waals surface area contributed by atoms with Gasteiger partial charge >= 0.3 is 6.09 Å². The van der Waals surface area contributed by atoms with Crippen molar-refractivity contribution >= 4 is 51.3 Å². The number of hydrogen-bond acceptors (Lipinski definition) is 9. The largest absolute Gasteiger partial charge is 0.444 e. The van der Waals surface area contributed by atoms with Gasteiger partial charge in [0.1, 0.15) is 22.0 Å². The van der Waals surface area contributed by atoms with E-state index in [2.05, 4.69) is 25.9 Å². The minimum Gasteiger partial charge on any atom is -0.444 e. The lowest BCUT2D eigenvalue weighted by Gasteiger charge is -2.33. The fraction of sp³-hybridized carbons (Fsp3) is 0.440. The van der Waals surface area contributed by atoms with Crippen LogP contribution in [0, 0.1) is 5.41 Å². The molecule has 1 aliphatic rings. The van der Waals surface area contributed by atoms with E-state index in [1.165, 1.54) is 18.0 Å². The van der Waals surface area contributed by atoms with Gasteiger partial charge in [-0.25, -0.2) is 9.78 Å². The van der Waals surface area contributed by atoms with Gasteiger partial charge in [0.15, 0.2) is 0 Å². The summed E-state index contributed by atoms with van der Waals surface area (Å²) >= 11 is 1.18. The lowest BCUT2D eigenvalue weighted by molar-refractivity contribution is -0.109. The van der Waals surface area contributed by atoms with E-state index in [1.54, 1.807) is 31.2 Å². The summed E-state index contributed by atoms with van der Waals surface area (Å²) in [5, 5.41) is 24.1. The lowest BCUT2D eigenvalue weighted by Crippen LogP contribution is -2.50. The SMILES string of the molecule is CC(=[NH2+])SC(=N)c1ccc(Nc2nc(N[C@@H]3CCCC[C@@H]3NC(=O)OC(C)(C)C)ncc2C(N)=O)cc1. The molecule has 2 amide bonds. The molecule has 12 heteroatoms. The summed E-state index contributed by atoms with van der Waals surface area (Å²) in [6, 6.07) is 6.84. The maximum atomic E-state index is 12.3. The van der Waals surface area contributed by atoms with Crippen molar-refractivity contribution in [1.29, 1.82) is 5.41 Å². The summed E-state index contributed by atoms with van der Waals surface area (Å²) in [5.41, 5.74) is 6.47. The molecule has 0 bridgehead atoms. The number of nitrogens with one attached hydrogen (secondary N) is 4. The van der Waals surface area contributed by atoms with E-state index in [4.69, 9.17) is 21.3 Å². The summed E-state index contributed by atoms with van der Waals surface area (Å²) in [5.74, 6) is -0.111. The summed E-state index contributed by atoms with van der Waals surface area (Å²) in [6.07, 6.45) is 4.50. The second-order valence-electron chi connectivity index (χ2n) is 9.85. The molecular weight excluding hydrogens is 492 g/mol. The summed E-state index contributed by atoms with van der Waals surface area (Å²) in [6.45, 7) is 7.21. The van der Waals surface area contributed by atoms with Gasteiger partial charge in [-0.2, -0.15) is 4.98 Å². The maximum absolute atomic E-state index is 12.3. The first kappa shape index (κ1) is 27.9. The minimum absolute atomic E-state index is 0.112. The first-order valence-corrected chi connectivity index (χ1v) is 12.9. The number of rotatable bonds is 7. The normalized spacial score (nSPS) is 17.4. The molecule has 3 rings (SSSR count). The van der Waals surface area contributed by atoms with Crippen molar-refractivity contribution < 1.29 is 19.7 Å². The zero-order valence-electron chi connectivity index (χ0n) is 21.6. The monoisotopic (exact) mass is 527 g/mol. The topological polar surface area (TPSA) is 181 Å². The van der Waals surface area contributed by atoms with Gasteiger partial charge in [-0.05, 0) is 57.5 Å². The Hall–Kier alpha value is -3.67. The van der Waals surface area contributed by atoms with Crippen molar-refractivity contribution in [3.63, 3.8) is 0 Å². The number of thioether (sulfide) groups is 1. The molecule has 1 aromatic heterocycles. The Morgan fingerprint density at radius 1 is 1.16 bits per heavy atom. The van der Waals surface area contributed by atoms with Crippen LogP contribution in [0.15, 0.2) is 30.5 Å². The van der Waals surface area contributed by atoms with E-state index in [0.717, 1.165) is 25.7 Å². The number of carbonyl (C=O) groups excluding carboxylic acids is 2. The zero-order chi connectivity index (χ0) is 27.2. The average Bonchev–Trinajstić information content (AvgIpc) is 2.79. The number of hydrogen-bond donors (Lipinski definition) is 6. The number of nitrogens with two attached hydrogens (primary N) is 2. The molecule has 1 heterocycles. The Bertz CT molecular complexity index is 1160. The number of anilines is 3. The molecule has 198 valence electrons. The third-order valence-corrected chi connectivity index (χ3v) is 6.27. The Morgan fingerprint density at radius 3 is 2.41 bits per heavy atom. The van der Waals surface area contributed by atoms with E-state index >= 15 is 0 Å². The highest BCUT2D eigenvalue weighted by atomic mass is 32.2. The number of aromatic nitrogens is 2. The molecule has 0 unspecified atom stereocenters. The number of amides is 2. The predicted molar refractivity (Wildman–Crippen MR) is 146 cm³/mol. The van der Waals surface area contributed by atoms with Crippen molar-refractivity contribution in [1.82, 2.24) is 15.3 Å². The molecule has 1 aromatic carbocycles. The van der Waals surface area contributed by atoms with Crippen LogP contribution < -0.4 is 27.1 Å². The van der Waals surface area contributed by atoms with Crippen LogP contribution in [0.1, 0.15) is 69.3 Å². The number of primary amides is 1. The Labute approximate surface area is 220 Å². The highest BCUT2D eigenvalue weighted by Gasteiger charge is 2.29. The van der Waals surface area contributed by atoms with Crippen molar-refractivity contribution in [2.45, 2.75) is 71.1 Å². The third kappa shape index (κ3) is 8.45. The molecule has 0 aliphatic heterocycles. The van der Waals surface area contributed by atoms with Crippen LogP contribution in [0.3, 0.4) is 0 Å². The first-order chi connectivity index (χ1) is 17.4. The van der Waals surface area contributed by atoms with Gasteiger partial charge < -0.3 is 26.4 Å². The van der Waals surface area contributed by atoms with Gasteiger partial charge in [0.05, 0.1) is 6.04 Å². The van der Waals surface area contributed by atoms with Crippen LogP contribution in [-0.4, -0.2) is 49.7 Å².